The highest BCUT2D eigenvalue weighted by molar-refractivity contribution is 7.15. The van der Waals surface area contributed by atoms with Crippen LogP contribution >= 0.6 is 11.3 Å². The fourth-order valence-corrected chi connectivity index (χ4v) is 3.20. The maximum atomic E-state index is 11.5. The van der Waals surface area contributed by atoms with Crippen LogP contribution in [0.4, 0.5) is 0 Å². The van der Waals surface area contributed by atoms with Crippen molar-refractivity contribution in [3.63, 3.8) is 0 Å². The molecule has 0 spiro atoms. The minimum atomic E-state index is -0.769. The monoisotopic (exact) mass is 300 g/mol. The number of rotatable bonds is 5. The number of thiazole rings is 1. The van der Waals surface area contributed by atoms with Gasteiger partial charge in [0.1, 0.15) is 0 Å². The van der Waals surface area contributed by atoms with Gasteiger partial charge >= 0.3 is 5.97 Å². The van der Waals surface area contributed by atoms with Crippen LogP contribution in [0.1, 0.15) is 16.8 Å². The molecule has 0 aliphatic carbocycles. The third kappa shape index (κ3) is 2.97. The van der Waals surface area contributed by atoms with Crippen molar-refractivity contribution < 1.29 is 9.90 Å². The Kier molecular flexibility index (Phi) is 3.75. The Morgan fingerprint density at radius 2 is 2.19 bits per heavy atom. The number of carbonyl (C=O) groups is 1. The number of aliphatic carboxylic acids is 1. The predicted octanol–water partition coefficient (Wildman–Crippen LogP) is 3.19. The first kappa shape index (κ1) is 13.8. The zero-order chi connectivity index (χ0) is 14.8. The molecular weight excluding hydrogens is 284 g/mol. The molecule has 4 nitrogen and oxygen atoms in total. The third-order valence-corrected chi connectivity index (χ3v) is 4.45. The number of aromatic nitrogens is 2. The lowest BCUT2D eigenvalue weighted by Crippen LogP contribution is -2.19. The fraction of sp³-hybridized carbons (Fsp3) is 0.250. The quantitative estimate of drug-likeness (QED) is 0.787. The van der Waals surface area contributed by atoms with Gasteiger partial charge in [-0.2, -0.15) is 0 Å². The molecule has 1 atom stereocenters. The van der Waals surface area contributed by atoms with Gasteiger partial charge in [-0.05, 0) is 24.5 Å². The van der Waals surface area contributed by atoms with Gasteiger partial charge in [0.15, 0.2) is 4.96 Å². The number of hydrogen-bond acceptors (Lipinski definition) is 3. The van der Waals surface area contributed by atoms with E-state index in [0.717, 1.165) is 21.8 Å². The van der Waals surface area contributed by atoms with Crippen molar-refractivity contribution >= 4 is 22.3 Å². The van der Waals surface area contributed by atoms with Crippen LogP contribution in [-0.4, -0.2) is 20.5 Å². The number of aryl methyl sites for hydroxylation is 1. The van der Waals surface area contributed by atoms with Crippen LogP contribution in [0.15, 0.2) is 42.0 Å². The number of nitrogens with zero attached hydrogens (tertiary/aromatic N) is 2. The number of carboxylic acids is 1. The molecule has 21 heavy (non-hydrogen) atoms. The lowest BCUT2D eigenvalue weighted by molar-refractivity contribution is -0.141. The van der Waals surface area contributed by atoms with Gasteiger partial charge in [-0.15, -0.1) is 11.3 Å². The number of fused-ring (bicyclic) bond motifs is 1. The van der Waals surface area contributed by atoms with E-state index in [1.807, 2.05) is 53.4 Å². The summed E-state index contributed by atoms with van der Waals surface area (Å²) in [7, 11) is 0. The Morgan fingerprint density at radius 1 is 1.38 bits per heavy atom. The summed E-state index contributed by atoms with van der Waals surface area (Å²) in [6, 6.07) is 7.93. The summed E-state index contributed by atoms with van der Waals surface area (Å²) in [6.07, 6.45) is 4.85. The summed E-state index contributed by atoms with van der Waals surface area (Å²) in [6.45, 7) is 2.01. The van der Waals surface area contributed by atoms with Crippen LogP contribution in [-0.2, 0) is 17.6 Å². The van der Waals surface area contributed by atoms with Gasteiger partial charge in [0.25, 0.3) is 0 Å². The molecule has 0 fully saturated rings. The molecule has 0 saturated heterocycles. The molecule has 1 aromatic carbocycles. The van der Waals surface area contributed by atoms with Crippen molar-refractivity contribution in [2.24, 2.45) is 5.92 Å². The van der Waals surface area contributed by atoms with E-state index in [0.29, 0.717) is 12.8 Å². The van der Waals surface area contributed by atoms with E-state index in [2.05, 4.69) is 4.98 Å². The molecule has 0 radical (unpaired) electrons. The zero-order valence-electron chi connectivity index (χ0n) is 11.7. The Labute approximate surface area is 126 Å². The number of hydrogen-bond donors (Lipinski definition) is 1. The first-order chi connectivity index (χ1) is 10.1. The Balaban J connectivity index is 1.80. The third-order valence-electron chi connectivity index (χ3n) is 3.68. The summed E-state index contributed by atoms with van der Waals surface area (Å²) >= 11 is 1.55. The SMILES string of the molecule is Cc1ccccc1CC(Cc1cn2ccsc2n1)C(=O)O. The minimum absolute atomic E-state index is 0.448. The minimum Gasteiger partial charge on any atom is -0.481 e. The van der Waals surface area contributed by atoms with Crippen LogP contribution in [0.3, 0.4) is 0 Å². The van der Waals surface area contributed by atoms with Gasteiger partial charge in [0, 0.05) is 24.2 Å². The first-order valence-electron chi connectivity index (χ1n) is 6.82. The van der Waals surface area contributed by atoms with E-state index in [9.17, 15) is 9.90 Å². The van der Waals surface area contributed by atoms with Crippen LogP contribution in [0.2, 0.25) is 0 Å². The van der Waals surface area contributed by atoms with E-state index in [1.54, 1.807) is 11.3 Å². The molecule has 0 bridgehead atoms. The van der Waals surface area contributed by atoms with E-state index >= 15 is 0 Å². The Morgan fingerprint density at radius 3 is 2.90 bits per heavy atom. The summed E-state index contributed by atoms with van der Waals surface area (Å²) in [5.41, 5.74) is 3.06. The standard InChI is InChI=1S/C16H16N2O2S/c1-11-4-2-3-5-12(11)8-13(15(19)20)9-14-10-18-6-7-21-16(18)17-14/h2-7,10,13H,8-9H2,1H3,(H,19,20). The van der Waals surface area contributed by atoms with Crippen molar-refractivity contribution in [1.29, 1.82) is 0 Å². The smallest absolute Gasteiger partial charge is 0.307 e. The van der Waals surface area contributed by atoms with E-state index in [4.69, 9.17) is 0 Å². The van der Waals surface area contributed by atoms with Gasteiger partial charge in [-0.3, -0.25) is 9.20 Å². The Hall–Kier alpha value is -2.14. The molecule has 2 heterocycles. The summed E-state index contributed by atoms with van der Waals surface area (Å²) in [4.78, 5) is 16.9. The average Bonchev–Trinajstić information content (AvgIpc) is 3.01. The molecule has 3 aromatic rings. The van der Waals surface area contributed by atoms with Crippen molar-refractivity contribution in [3.8, 4) is 0 Å². The molecule has 2 aromatic heterocycles. The lowest BCUT2D eigenvalue weighted by atomic mass is 9.93. The lowest BCUT2D eigenvalue weighted by Gasteiger charge is -2.12. The molecule has 5 heteroatoms. The molecule has 0 aliphatic heterocycles. The average molecular weight is 300 g/mol. The Bertz CT molecular complexity index is 747. The van der Waals surface area contributed by atoms with Gasteiger partial charge in [-0.25, -0.2) is 4.98 Å². The number of imidazole rings is 1. The molecule has 108 valence electrons. The van der Waals surface area contributed by atoms with Gasteiger partial charge in [-0.1, -0.05) is 24.3 Å². The molecule has 0 amide bonds. The maximum absolute atomic E-state index is 11.5. The summed E-state index contributed by atoms with van der Waals surface area (Å²) in [5, 5.41) is 11.4. The second-order valence-electron chi connectivity index (χ2n) is 5.19. The van der Waals surface area contributed by atoms with Crippen LogP contribution in [0.5, 0.6) is 0 Å². The van der Waals surface area contributed by atoms with E-state index in [-0.39, 0.29) is 0 Å². The second kappa shape index (κ2) is 5.69. The first-order valence-corrected chi connectivity index (χ1v) is 7.70. The zero-order valence-corrected chi connectivity index (χ0v) is 12.5. The van der Waals surface area contributed by atoms with E-state index in [1.165, 1.54) is 0 Å². The fourth-order valence-electron chi connectivity index (χ4n) is 2.48. The van der Waals surface area contributed by atoms with Crippen LogP contribution in [0.25, 0.3) is 4.96 Å². The van der Waals surface area contributed by atoms with Crippen molar-refractivity contribution in [2.45, 2.75) is 19.8 Å². The highest BCUT2D eigenvalue weighted by Crippen LogP contribution is 2.19. The summed E-state index contributed by atoms with van der Waals surface area (Å²) < 4.78 is 1.94. The molecular formula is C16H16N2O2S. The second-order valence-corrected chi connectivity index (χ2v) is 6.07. The van der Waals surface area contributed by atoms with Gasteiger partial charge < -0.3 is 5.11 Å². The molecule has 3 rings (SSSR count). The number of carboxylic acid groups (broad SMARTS) is 1. The summed E-state index contributed by atoms with van der Waals surface area (Å²) in [5.74, 6) is -1.22. The maximum Gasteiger partial charge on any atom is 0.307 e. The van der Waals surface area contributed by atoms with Crippen molar-refractivity contribution in [2.75, 3.05) is 0 Å². The highest BCUT2D eigenvalue weighted by atomic mass is 32.1. The molecule has 0 saturated carbocycles. The predicted molar refractivity (Wildman–Crippen MR) is 82.8 cm³/mol. The van der Waals surface area contributed by atoms with Crippen LogP contribution in [0, 0.1) is 12.8 Å². The topological polar surface area (TPSA) is 54.6 Å². The molecule has 0 aliphatic rings. The van der Waals surface area contributed by atoms with Crippen molar-refractivity contribution in [1.82, 2.24) is 9.38 Å². The normalized spacial score (nSPS) is 12.6. The molecule has 1 unspecified atom stereocenters. The largest absolute Gasteiger partial charge is 0.481 e. The van der Waals surface area contributed by atoms with Gasteiger partial charge in [0.2, 0.25) is 0 Å². The van der Waals surface area contributed by atoms with E-state index < -0.39 is 11.9 Å². The van der Waals surface area contributed by atoms with Gasteiger partial charge in [0.05, 0.1) is 11.6 Å². The highest BCUT2D eigenvalue weighted by Gasteiger charge is 2.21. The number of benzene rings is 1. The van der Waals surface area contributed by atoms with Crippen LogP contribution < -0.4 is 0 Å². The van der Waals surface area contributed by atoms with Crippen molar-refractivity contribution in [3.05, 3.63) is 58.9 Å². The molecule has 1 N–H and O–H groups in total.